The molecular weight excluding hydrogens is 238 g/mol. The number of non-ortho nitro benzene ring substituents is 1. The van der Waals surface area contributed by atoms with Crippen molar-refractivity contribution < 1.29 is 14.5 Å². The van der Waals surface area contributed by atoms with Gasteiger partial charge in [-0.25, -0.2) is 4.79 Å². The first-order valence-corrected chi connectivity index (χ1v) is 5.00. The van der Waals surface area contributed by atoms with Crippen molar-refractivity contribution in [3.63, 3.8) is 0 Å². The molecule has 0 saturated heterocycles. The number of allylic oxidation sites excluding steroid dienone is 1. The zero-order valence-corrected chi connectivity index (χ0v) is 10.0. The first-order chi connectivity index (χ1) is 8.43. The van der Waals surface area contributed by atoms with Gasteiger partial charge < -0.3 is 15.4 Å². The summed E-state index contributed by atoms with van der Waals surface area (Å²) in [5.74, 6) is 0.209. The standard InChI is InChI=1S/C11H13N3O4/c1-7(2)12-11(15)13-9-5-4-8(14(16)17)6-10(9)18-3/h4-6H,1H2,2-3H3,(H2,12,13,15). The maximum absolute atomic E-state index is 11.4. The smallest absolute Gasteiger partial charge is 0.323 e. The molecule has 7 nitrogen and oxygen atoms in total. The Hall–Kier alpha value is -2.57. The van der Waals surface area contributed by atoms with E-state index in [0.29, 0.717) is 11.4 Å². The van der Waals surface area contributed by atoms with Gasteiger partial charge in [-0.05, 0) is 13.0 Å². The third-order valence-electron chi connectivity index (χ3n) is 1.97. The van der Waals surface area contributed by atoms with E-state index < -0.39 is 11.0 Å². The third-order valence-corrected chi connectivity index (χ3v) is 1.97. The molecule has 1 aromatic carbocycles. The molecule has 1 aromatic rings. The number of carbonyl (C=O) groups is 1. The third kappa shape index (κ3) is 3.48. The molecule has 18 heavy (non-hydrogen) atoms. The first-order valence-electron chi connectivity index (χ1n) is 5.00. The molecule has 1 rings (SSSR count). The molecule has 2 N–H and O–H groups in total. The van der Waals surface area contributed by atoms with Crippen molar-refractivity contribution in [1.29, 1.82) is 0 Å². The molecular formula is C11H13N3O4. The summed E-state index contributed by atoms with van der Waals surface area (Å²) in [5.41, 5.74) is 0.702. The van der Waals surface area contributed by atoms with Crippen LogP contribution in [0, 0.1) is 10.1 Å². The van der Waals surface area contributed by atoms with Gasteiger partial charge in [-0.3, -0.25) is 10.1 Å². The minimum Gasteiger partial charge on any atom is -0.494 e. The fraction of sp³-hybridized carbons (Fsp3) is 0.182. The second-order valence-electron chi connectivity index (χ2n) is 3.50. The van der Waals surface area contributed by atoms with Crippen molar-refractivity contribution >= 4 is 17.4 Å². The molecule has 0 aromatic heterocycles. The molecule has 0 bridgehead atoms. The summed E-state index contributed by atoms with van der Waals surface area (Å²) in [5, 5.41) is 15.5. The van der Waals surface area contributed by atoms with Gasteiger partial charge in [-0.15, -0.1) is 0 Å². The van der Waals surface area contributed by atoms with Crippen molar-refractivity contribution in [2.45, 2.75) is 6.92 Å². The largest absolute Gasteiger partial charge is 0.494 e. The summed E-state index contributed by atoms with van der Waals surface area (Å²) in [6, 6.07) is 3.42. The second-order valence-corrected chi connectivity index (χ2v) is 3.50. The van der Waals surface area contributed by atoms with E-state index >= 15 is 0 Å². The number of rotatable bonds is 4. The van der Waals surface area contributed by atoms with E-state index in [2.05, 4.69) is 17.2 Å². The van der Waals surface area contributed by atoms with Crippen LogP contribution in [-0.4, -0.2) is 18.1 Å². The Kier molecular flexibility index (Phi) is 4.25. The highest BCUT2D eigenvalue weighted by molar-refractivity contribution is 5.92. The Bertz CT molecular complexity index is 499. The zero-order valence-electron chi connectivity index (χ0n) is 10.0. The van der Waals surface area contributed by atoms with Crippen molar-refractivity contribution in [2.24, 2.45) is 0 Å². The van der Waals surface area contributed by atoms with E-state index in [-0.39, 0.29) is 11.4 Å². The molecule has 0 spiro atoms. The van der Waals surface area contributed by atoms with Gasteiger partial charge in [0.25, 0.3) is 5.69 Å². The van der Waals surface area contributed by atoms with Crippen LogP contribution in [0.1, 0.15) is 6.92 Å². The molecule has 0 fully saturated rings. The Balaban J connectivity index is 2.92. The van der Waals surface area contributed by atoms with Gasteiger partial charge in [0, 0.05) is 11.8 Å². The van der Waals surface area contributed by atoms with Crippen LogP contribution in [0.4, 0.5) is 16.2 Å². The van der Waals surface area contributed by atoms with Crippen LogP contribution in [-0.2, 0) is 0 Å². The highest BCUT2D eigenvalue weighted by Crippen LogP contribution is 2.28. The van der Waals surface area contributed by atoms with E-state index in [9.17, 15) is 14.9 Å². The topological polar surface area (TPSA) is 93.5 Å². The zero-order chi connectivity index (χ0) is 13.7. The molecule has 0 radical (unpaired) electrons. The predicted octanol–water partition coefficient (Wildman–Crippen LogP) is 2.26. The van der Waals surface area contributed by atoms with Crippen LogP contribution in [0.15, 0.2) is 30.5 Å². The molecule has 0 aliphatic rings. The number of hydrogen-bond acceptors (Lipinski definition) is 4. The van der Waals surface area contributed by atoms with Crippen LogP contribution >= 0.6 is 0 Å². The highest BCUT2D eigenvalue weighted by Gasteiger charge is 2.13. The number of ether oxygens (including phenoxy) is 1. The van der Waals surface area contributed by atoms with Gasteiger partial charge in [0.05, 0.1) is 23.8 Å². The van der Waals surface area contributed by atoms with Crippen molar-refractivity contribution in [3.05, 3.63) is 40.6 Å². The lowest BCUT2D eigenvalue weighted by molar-refractivity contribution is -0.384. The Morgan fingerprint density at radius 2 is 2.17 bits per heavy atom. The van der Waals surface area contributed by atoms with E-state index in [0.717, 1.165) is 0 Å². The fourth-order valence-electron chi connectivity index (χ4n) is 1.24. The minimum absolute atomic E-state index is 0.113. The van der Waals surface area contributed by atoms with Gasteiger partial charge in [-0.1, -0.05) is 6.58 Å². The number of amides is 2. The Labute approximate surface area is 104 Å². The summed E-state index contributed by atoms with van der Waals surface area (Å²) in [6.07, 6.45) is 0. The molecule has 0 heterocycles. The molecule has 0 unspecified atom stereocenters. The maximum atomic E-state index is 11.4. The van der Waals surface area contributed by atoms with E-state index in [1.165, 1.54) is 25.3 Å². The average molecular weight is 251 g/mol. The summed E-state index contributed by atoms with van der Waals surface area (Å²) >= 11 is 0. The number of carbonyl (C=O) groups excluding carboxylic acids is 1. The fourth-order valence-corrected chi connectivity index (χ4v) is 1.24. The van der Waals surface area contributed by atoms with Crippen LogP contribution in [0.2, 0.25) is 0 Å². The molecule has 7 heteroatoms. The molecule has 0 aliphatic carbocycles. The van der Waals surface area contributed by atoms with Gasteiger partial charge >= 0.3 is 6.03 Å². The molecule has 0 saturated carbocycles. The van der Waals surface area contributed by atoms with Crippen LogP contribution in [0.3, 0.4) is 0 Å². The number of methoxy groups -OCH3 is 1. The first kappa shape index (κ1) is 13.5. The summed E-state index contributed by atoms with van der Waals surface area (Å²) in [7, 11) is 1.36. The second kappa shape index (κ2) is 5.67. The quantitative estimate of drug-likeness (QED) is 0.634. The number of nitrogens with one attached hydrogen (secondary N) is 2. The number of nitro groups is 1. The van der Waals surface area contributed by atoms with Crippen molar-refractivity contribution in [1.82, 2.24) is 5.32 Å². The average Bonchev–Trinajstić information content (AvgIpc) is 2.27. The van der Waals surface area contributed by atoms with Gasteiger partial charge in [0.15, 0.2) is 0 Å². The maximum Gasteiger partial charge on any atom is 0.323 e. The van der Waals surface area contributed by atoms with E-state index in [4.69, 9.17) is 4.74 Å². The van der Waals surface area contributed by atoms with Crippen LogP contribution in [0.5, 0.6) is 5.75 Å². The molecule has 2 amide bonds. The van der Waals surface area contributed by atoms with Crippen LogP contribution < -0.4 is 15.4 Å². The molecule has 96 valence electrons. The Morgan fingerprint density at radius 1 is 1.50 bits per heavy atom. The lowest BCUT2D eigenvalue weighted by Crippen LogP contribution is -2.26. The van der Waals surface area contributed by atoms with Crippen molar-refractivity contribution in [2.75, 3.05) is 12.4 Å². The van der Waals surface area contributed by atoms with Crippen molar-refractivity contribution in [3.8, 4) is 5.75 Å². The van der Waals surface area contributed by atoms with Crippen LogP contribution in [0.25, 0.3) is 0 Å². The lowest BCUT2D eigenvalue weighted by Gasteiger charge is -2.10. The van der Waals surface area contributed by atoms with E-state index in [1.54, 1.807) is 6.92 Å². The number of anilines is 1. The van der Waals surface area contributed by atoms with Gasteiger partial charge in [0.2, 0.25) is 0 Å². The number of nitrogens with zero attached hydrogens (tertiary/aromatic N) is 1. The predicted molar refractivity (Wildman–Crippen MR) is 66.6 cm³/mol. The number of urea groups is 1. The molecule has 0 atom stereocenters. The van der Waals surface area contributed by atoms with Gasteiger partial charge in [0.1, 0.15) is 5.75 Å². The number of benzene rings is 1. The normalized spacial score (nSPS) is 9.44. The lowest BCUT2D eigenvalue weighted by atomic mass is 10.2. The summed E-state index contributed by atoms with van der Waals surface area (Å²) in [4.78, 5) is 21.5. The monoisotopic (exact) mass is 251 g/mol. The summed E-state index contributed by atoms with van der Waals surface area (Å²) in [6.45, 7) is 5.16. The highest BCUT2D eigenvalue weighted by atomic mass is 16.6. The Morgan fingerprint density at radius 3 is 2.67 bits per heavy atom. The summed E-state index contributed by atoms with van der Waals surface area (Å²) < 4.78 is 4.97. The molecule has 0 aliphatic heterocycles. The number of nitro benzene ring substituents is 1. The number of hydrogen-bond donors (Lipinski definition) is 2. The SMILES string of the molecule is C=C(C)NC(=O)Nc1ccc([N+](=O)[O-])cc1OC. The van der Waals surface area contributed by atoms with Gasteiger partial charge in [-0.2, -0.15) is 0 Å². The van der Waals surface area contributed by atoms with E-state index in [1.807, 2.05) is 0 Å². The minimum atomic E-state index is -0.541.